The summed E-state index contributed by atoms with van der Waals surface area (Å²) in [6, 6.07) is 13.5. The van der Waals surface area contributed by atoms with Crippen LogP contribution in [0.3, 0.4) is 0 Å². The minimum Gasteiger partial charge on any atom is -0.494 e. The first-order valence-electron chi connectivity index (χ1n) is 10.8. The van der Waals surface area contributed by atoms with E-state index in [-0.39, 0.29) is 23.5 Å². The summed E-state index contributed by atoms with van der Waals surface area (Å²) in [6.45, 7) is 2.50. The van der Waals surface area contributed by atoms with Gasteiger partial charge in [0.1, 0.15) is 5.56 Å². The third kappa shape index (κ3) is 4.04. The molecule has 8 nitrogen and oxygen atoms in total. The maximum atomic E-state index is 12.9. The zero-order valence-electron chi connectivity index (χ0n) is 18.0. The number of aromatic hydroxyl groups is 1. The highest BCUT2D eigenvalue weighted by Crippen LogP contribution is 2.47. The lowest BCUT2D eigenvalue weighted by molar-refractivity contribution is 0.174. The quantitative estimate of drug-likeness (QED) is 0.587. The summed E-state index contributed by atoms with van der Waals surface area (Å²) in [7, 11) is 0. The first-order valence-corrected chi connectivity index (χ1v) is 11.7. The van der Waals surface area contributed by atoms with Crippen molar-refractivity contribution in [3.05, 3.63) is 74.4 Å². The Morgan fingerprint density at radius 2 is 2.00 bits per heavy atom. The molecule has 0 spiro atoms. The topological polar surface area (TPSA) is 106 Å². The second kappa shape index (κ2) is 8.82. The number of hydrogen-bond acceptors (Lipinski definition) is 7. The van der Waals surface area contributed by atoms with Crippen molar-refractivity contribution in [1.82, 2.24) is 9.55 Å². The van der Waals surface area contributed by atoms with Crippen molar-refractivity contribution in [3.8, 4) is 17.4 Å². The van der Waals surface area contributed by atoms with Gasteiger partial charge in [-0.15, -0.1) is 11.8 Å². The highest BCUT2D eigenvalue weighted by molar-refractivity contribution is 7.99. The van der Waals surface area contributed by atoms with Crippen molar-refractivity contribution < 1.29 is 14.6 Å². The van der Waals surface area contributed by atoms with Gasteiger partial charge in [-0.2, -0.15) is 0 Å². The molecule has 0 unspecified atom stereocenters. The molecule has 0 bridgehead atoms. The number of benzene rings is 2. The van der Waals surface area contributed by atoms with E-state index in [1.54, 1.807) is 11.8 Å². The molecule has 5 rings (SSSR count). The fourth-order valence-corrected chi connectivity index (χ4v) is 5.23. The van der Waals surface area contributed by atoms with Gasteiger partial charge in [-0.05, 0) is 36.2 Å². The third-order valence-electron chi connectivity index (χ3n) is 5.73. The first kappa shape index (κ1) is 21.4. The standard InChI is InChI=1S/C24H23N3O5S/c1-2-3-10-27-23(29)21(22(28)26-24(27)30)16-12-20(33-19-7-5-4-6-15(19)25-16)14-8-9-17-18(11-14)32-13-31-17/h4-9,11,20,29H,2-3,10,12-13H2,1H3,(H,26,28,30)/t20-/m1/s1. The van der Waals surface area contributed by atoms with Crippen LogP contribution in [0.15, 0.2) is 61.9 Å². The first-order chi connectivity index (χ1) is 16.0. The molecule has 3 heterocycles. The van der Waals surface area contributed by atoms with Gasteiger partial charge in [-0.3, -0.25) is 19.3 Å². The van der Waals surface area contributed by atoms with Crippen molar-refractivity contribution in [1.29, 1.82) is 0 Å². The predicted molar refractivity (Wildman–Crippen MR) is 126 cm³/mol. The van der Waals surface area contributed by atoms with E-state index in [0.717, 1.165) is 16.9 Å². The number of nitrogens with zero attached hydrogens (tertiary/aromatic N) is 2. The highest BCUT2D eigenvalue weighted by atomic mass is 32.2. The van der Waals surface area contributed by atoms with Gasteiger partial charge in [0.2, 0.25) is 12.7 Å². The van der Waals surface area contributed by atoms with Gasteiger partial charge in [0.15, 0.2) is 11.5 Å². The molecule has 0 amide bonds. The molecule has 0 fully saturated rings. The number of unbranched alkanes of at least 4 members (excludes halogenated alkanes) is 1. The normalized spacial score (nSPS) is 16.8. The fraction of sp³-hybridized carbons (Fsp3) is 0.292. The summed E-state index contributed by atoms with van der Waals surface area (Å²) in [5.41, 5.74) is 0.909. The minimum atomic E-state index is -0.641. The van der Waals surface area contributed by atoms with Crippen molar-refractivity contribution in [2.45, 2.75) is 42.9 Å². The lowest BCUT2D eigenvalue weighted by Gasteiger charge is -2.17. The third-order valence-corrected chi connectivity index (χ3v) is 7.06. The molecule has 9 heteroatoms. The van der Waals surface area contributed by atoms with E-state index in [0.29, 0.717) is 42.3 Å². The molecular formula is C24H23N3O5S. The number of hydrogen-bond donors (Lipinski definition) is 2. The number of H-pyrrole nitrogens is 1. The van der Waals surface area contributed by atoms with E-state index >= 15 is 0 Å². The molecule has 3 aromatic rings. The van der Waals surface area contributed by atoms with E-state index in [1.165, 1.54) is 4.57 Å². The molecule has 0 saturated heterocycles. The number of thioether (sulfide) groups is 1. The summed E-state index contributed by atoms with van der Waals surface area (Å²) in [4.78, 5) is 33.3. The van der Waals surface area contributed by atoms with Crippen LogP contribution >= 0.6 is 11.8 Å². The molecule has 0 radical (unpaired) electrons. The van der Waals surface area contributed by atoms with Crippen LogP contribution in [-0.4, -0.2) is 27.2 Å². The van der Waals surface area contributed by atoms with Gasteiger partial charge in [0.25, 0.3) is 5.56 Å². The lowest BCUT2D eigenvalue weighted by Crippen LogP contribution is -2.34. The number of rotatable bonds is 5. The lowest BCUT2D eigenvalue weighted by atomic mass is 10.0. The Bertz CT molecular complexity index is 1360. The number of ether oxygens (including phenoxy) is 2. The predicted octanol–water partition coefficient (Wildman–Crippen LogP) is 4.13. The zero-order chi connectivity index (χ0) is 22.9. The monoisotopic (exact) mass is 465 g/mol. The number of fused-ring (bicyclic) bond motifs is 2. The van der Waals surface area contributed by atoms with Crippen LogP contribution in [0, 0.1) is 0 Å². The van der Waals surface area contributed by atoms with E-state index in [2.05, 4.69) is 4.98 Å². The van der Waals surface area contributed by atoms with Crippen LogP contribution < -0.4 is 20.7 Å². The molecule has 2 aromatic carbocycles. The Morgan fingerprint density at radius 1 is 1.18 bits per heavy atom. The molecule has 0 aliphatic carbocycles. The summed E-state index contributed by atoms with van der Waals surface area (Å²) < 4.78 is 12.2. The molecule has 2 aliphatic rings. The number of para-hydroxylation sites is 1. The highest BCUT2D eigenvalue weighted by Gasteiger charge is 2.28. The number of aliphatic imine (C=N–C) groups is 1. The maximum absolute atomic E-state index is 12.9. The van der Waals surface area contributed by atoms with Crippen LogP contribution in [0.2, 0.25) is 0 Å². The Hall–Kier alpha value is -3.46. The summed E-state index contributed by atoms with van der Waals surface area (Å²) in [5.74, 6) is 1.03. The van der Waals surface area contributed by atoms with Gasteiger partial charge >= 0.3 is 5.69 Å². The Labute approximate surface area is 193 Å². The summed E-state index contributed by atoms with van der Waals surface area (Å²) in [5, 5.41) is 10.9. The SMILES string of the molecule is CCCCn1c(O)c(C2=Nc3ccccc3S[C@@H](c3ccc4c(c3)OCO4)C2)c(=O)[nH]c1=O. The Morgan fingerprint density at radius 3 is 2.85 bits per heavy atom. The summed E-state index contributed by atoms with van der Waals surface area (Å²) in [6.07, 6.45) is 1.92. The van der Waals surface area contributed by atoms with Crippen LogP contribution in [0.4, 0.5) is 5.69 Å². The molecule has 1 atom stereocenters. The smallest absolute Gasteiger partial charge is 0.331 e. The van der Waals surface area contributed by atoms with E-state index in [9.17, 15) is 14.7 Å². The molecule has 2 N–H and O–H groups in total. The van der Waals surface area contributed by atoms with Crippen LogP contribution in [0.25, 0.3) is 0 Å². The van der Waals surface area contributed by atoms with Crippen LogP contribution in [0.5, 0.6) is 17.4 Å². The molecular weight excluding hydrogens is 442 g/mol. The van der Waals surface area contributed by atoms with Gasteiger partial charge in [0, 0.05) is 23.1 Å². The summed E-state index contributed by atoms with van der Waals surface area (Å²) >= 11 is 1.63. The maximum Gasteiger partial charge on any atom is 0.331 e. The van der Waals surface area contributed by atoms with E-state index < -0.39 is 11.2 Å². The number of aromatic nitrogens is 2. The fourth-order valence-electron chi connectivity index (χ4n) is 4.01. The van der Waals surface area contributed by atoms with Gasteiger partial charge in [-0.25, -0.2) is 4.79 Å². The van der Waals surface area contributed by atoms with Gasteiger partial charge in [-0.1, -0.05) is 31.5 Å². The molecule has 2 aliphatic heterocycles. The zero-order valence-corrected chi connectivity index (χ0v) is 18.9. The van der Waals surface area contributed by atoms with Crippen LogP contribution in [-0.2, 0) is 6.54 Å². The second-order valence-electron chi connectivity index (χ2n) is 7.91. The van der Waals surface area contributed by atoms with Crippen molar-refractivity contribution >= 4 is 23.2 Å². The van der Waals surface area contributed by atoms with E-state index in [4.69, 9.17) is 14.5 Å². The molecule has 0 saturated carbocycles. The molecule has 1 aromatic heterocycles. The number of aromatic amines is 1. The average Bonchev–Trinajstić information content (AvgIpc) is 3.18. The second-order valence-corrected chi connectivity index (χ2v) is 9.16. The van der Waals surface area contributed by atoms with Crippen molar-refractivity contribution in [2.24, 2.45) is 4.99 Å². The number of nitrogens with one attached hydrogen (secondary N) is 1. The molecule has 170 valence electrons. The Balaban J connectivity index is 1.63. The Kier molecular flexibility index (Phi) is 5.72. The van der Waals surface area contributed by atoms with Gasteiger partial charge < -0.3 is 14.6 Å². The van der Waals surface area contributed by atoms with Crippen molar-refractivity contribution in [2.75, 3.05) is 6.79 Å². The van der Waals surface area contributed by atoms with Crippen molar-refractivity contribution in [3.63, 3.8) is 0 Å². The van der Waals surface area contributed by atoms with Gasteiger partial charge in [0.05, 0.1) is 11.4 Å². The minimum absolute atomic E-state index is 0.0359. The molecule has 33 heavy (non-hydrogen) atoms. The van der Waals surface area contributed by atoms with E-state index in [1.807, 2.05) is 49.4 Å². The average molecular weight is 466 g/mol. The van der Waals surface area contributed by atoms with Crippen LogP contribution in [0.1, 0.15) is 42.6 Å². The largest absolute Gasteiger partial charge is 0.494 e.